The van der Waals surface area contributed by atoms with Gasteiger partial charge in [0.15, 0.2) is 0 Å². The number of benzene rings is 1. The number of rotatable bonds is 3. The van der Waals surface area contributed by atoms with E-state index in [-0.39, 0.29) is 11.9 Å². The van der Waals surface area contributed by atoms with Gasteiger partial charge in [-0.1, -0.05) is 30.5 Å². The van der Waals surface area contributed by atoms with Crippen LogP contribution in [0, 0.1) is 0 Å². The first-order valence-electron chi connectivity index (χ1n) is 5.76. The molecule has 1 fully saturated rings. The molecule has 0 aromatic heterocycles. The van der Waals surface area contributed by atoms with E-state index in [1.54, 1.807) is 12.1 Å². The largest absolute Gasteiger partial charge is 0.349 e. The minimum atomic E-state index is -0.153. The van der Waals surface area contributed by atoms with Crippen LogP contribution in [0.2, 0.25) is 5.02 Å². The van der Waals surface area contributed by atoms with Gasteiger partial charge in [-0.2, -0.15) is 0 Å². The monoisotopic (exact) mass is 251 g/mol. The van der Waals surface area contributed by atoms with Gasteiger partial charge in [-0.3, -0.25) is 9.59 Å². The van der Waals surface area contributed by atoms with Gasteiger partial charge in [0.2, 0.25) is 0 Å². The van der Waals surface area contributed by atoms with Crippen LogP contribution in [0.25, 0.3) is 0 Å². The molecule has 1 aliphatic rings. The molecule has 0 saturated heterocycles. The van der Waals surface area contributed by atoms with E-state index >= 15 is 0 Å². The molecule has 17 heavy (non-hydrogen) atoms. The molecule has 4 heteroatoms. The van der Waals surface area contributed by atoms with Gasteiger partial charge in [-0.25, -0.2) is 0 Å². The second kappa shape index (κ2) is 5.32. The molecule has 1 aromatic rings. The predicted molar refractivity (Wildman–Crippen MR) is 66.6 cm³/mol. The van der Waals surface area contributed by atoms with Crippen molar-refractivity contribution in [1.29, 1.82) is 0 Å². The van der Waals surface area contributed by atoms with Crippen LogP contribution in [0.1, 0.15) is 46.4 Å². The van der Waals surface area contributed by atoms with Crippen molar-refractivity contribution < 1.29 is 9.59 Å². The molecule has 1 aromatic carbocycles. The molecule has 0 spiro atoms. The zero-order valence-corrected chi connectivity index (χ0v) is 10.2. The fourth-order valence-electron chi connectivity index (χ4n) is 2.12. The molecule has 2 rings (SSSR count). The Morgan fingerprint density at radius 3 is 2.65 bits per heavy atom. The first-order valence-corrected chi connectivity index (χ1v) is 6.14. The summed E-state index contributed by atoms with van der Waals surface area (Å²) in [5, 5.41) is 3.29. The SMILES string of the molecule is O=Cc1ccc(C(=O)NC2CCCC2)c(Cl)c1. The number of nitrogens with one attached hydrogen (secondary N) is 1. The quantitative estimate of drug-likeness (QED) is 0.840. The molecular formula is C13H14ClNO2. The third-order valence-electron chi connectivity index (χ3n) is 3.06. The number of halogens is 1. The van der Waals surface area contributed by atoms with E-state index in [4.69, 9.17) is 11.6 Å². The van der Waals surface area contributed by atoms with Crippen LogP contribution in [0.3, 0.4) is 0 Å². The van der Waals surface area contributed by atoms with Crippen LogP contribution >= 0.6 is 11.6 Å². The summed E-state index contributed by atoms with van der Waals surface area (Å²) in [7, 11) is 0. The summed E-state index contributed by atoms with van der Waals surface area (Å²) in [6.45, 7) is 0. The molecule has 1 saturated carbocycles. The lowest BCUT2D eigenvalue weighted by molar-refractivity contribution is 0.0937. The first kappa shape index (κ1) is 12.1. The van der Waals surface area contributed by atoms with Gasteiger partial charge in [-0.05, 0) is 25.0 Å². The van der Waals surface area contributed by atoms with Gasteiger partial charge in [-0.15, -0.1) is 0 Å². The van der Waals surface area contributed by atoms with Crippen molar-refractivity contribution in [3.05, 3.63) is 34.3 Å². The average Bonchev–Trinajstić information content (AvgIpc) is 2.81. The minimum absolute atomic E-state index is 0.153. The highest BCUT2D eigenvalue weighted by Crippen LogP contribution is 2.21. The normalized spacial score (nSPS) is 15.8. The number of carbonyl (C=O) groups excluding carboxylic acids is 2. The molecule has 0 aliphatic heterocycles. The summed E-state index contributed by atoms with van der Waals surface area (Å²) in [5.74, 6) is -0.153. The highest BCUT2D eigenvalue weighted by Gasteiger charge is 2.19. The van der Waals surface area contributed by atoms with Crippen molar-refractivity contribution in [2.45, 2.75) is 31.7 Å². The Bertz CT molecular complexity index is 439. The summed E-state index contributed by atoms with van der Waals surface area (Å²) in [4.78, 5) is 22.5. The molecule has 90 valence electrons. The average molecular weight is 252 g/mol. The first-order chi connectivity index (χ1) is 8.20. The van der Waals surface area contributed by atoms with Gasteiger partial charge < -0.3 is 5.32 Å². The minimum Gasteiger partial charge on any atom is -0.349 e. The van der Waals surface area contributed by atoms with Crippen molar-refractivity contribution in [3.63, 3.8) is 0 Å². The standard InChI is InChI=1S/C13H14ClNO2/c14-12-7-9(8-16)5-6-11(12)13(17)15-10-3-1-2-4-10/h5-8,10H,1-4H2,(H,15,17). The summed E-state index contributed by atoms with van der Waals surface area (Å²) in [5.41, 5.74) is 0.914. The maximum atomic E-state index is 11.9. The van der Waals surface area contributed by atoms with Crippen molar-refractivity contribution >= 4 is 23.8 Å². The van der Waals surface area contributed by atoms with Crippen LogP contribution in [0.15, 0.2) is 18.2 Å². The van der Waals surface area contributed by atoms with Crippen LogP contribution in [0.4, 0.5) is 0 Å². The van der Waals surface area contributed by atoms with Crippen LogP contribution < -0.4 is 5.32 Å². The summed E-state index contributed by atoms with van der Waals surface area (Å²) in [6, 6.07) is 4.97. The highest BCUT2D eigenvalue weighted by molar-refractivity contribution is 6.34. The Morgan fingerprint density at radius 2 is 2.06 bits per heavy atom. The number of carbonyl (C=O) groups is 2. The Balaban J connectivity index is 2.10. The zero-order chi connectivity index (χ0) is 12.3. The fourth-order valence-corrected chi connectivity index (χ4v) is 2.40. The molecule has 0 heterocycles. The predicted octanol–water partition coefficient (Wildman–Crippen LogP) is 2.82. The van der Waals surface area contributed by atoms with Gasteiger partial charge in [0.05, 0.1) is 10.6 Å². The zero-order valence-electron chi connectivity index (χ0n) is 9.41. The van der Waals surface area contributed by atoms with Gasteiger partial charge in [0.25, 0.3) is 5.91 Å². The van der Waals surface area contributed by atoms with E-state index in [1.807, 2.05) is 0 Å². The van der Waals surface area contributed by atoms with E-state index in [9.17, 15) is 9.59 Å². The van der Waals surface area contributed by atoms with E-state index in [2.05, 4.69) is 5.32 Å². The van der Waals surface area contributed by atoms with Crippen molar-refractivity contribution in [1.82, 2.24) is 5.32 Å². The molecular weight excluding hydrogens is 238 g/mol. The van der Waals surface area contributed by atoms with E-state index < -0.39 is 0 Å². The lowest BCUT2D eigenvalue weighted by atomic mass is 10.1. The topological polar surface area (TPSA) is 46.2 Å². The van der Waals surface area contributed by atoms with Crippen molar-refractivity contribution in [2.75, 3.05) is 0 Å². The van der Waals surface area contributed by atoms with Gasteiger partial charge >= 0.3 is 0 Å². The van der Waals surface area contributed by atoms with Gasteiger partial charge in [0.1, 0.15) is 6.29 Å². The molecule has 0 bridgehead atoms. The molecule has 0 unspecified atom stereocenters. The van der Waals surface area contributed by atoms with Gasteiger partial charge in [0, 0.05) is 11.6 Å². The smallest absolute Gasteiger partial charge is 0.253 e. The summed E-state index contributed by atoms with van der Waals surface area (Å²) >= 11 is 5.97. The molecule has 3 nitrogen and oxygen atoms in total. The lowest BCUT2D eigenvalue weighted by Crippen LogP contribution is -2.32. The van der Waals surface area contributed by atoms with Crippen LogP contribution in [-0.4, -0.2) is 18.2 Å². The molecule has 1 N–H and O–H groups in total. The van der Waals surface area contributed by atoms with E-state index in [1.165, 1.54) is 18.9 Å². The van der Waals surface area contributed by atoms with Crippen LogP contribution in [-0.2, 0) is 0 Å². The Morgan fingerprint density at radius 1 is 1.35 bits per heavy atom. The number of aldehydes is 1. The lowest BCUT2D eigenvalue weighted by Gasteiger charge is -2.12. The number of hydrogen-bond donors (Lipinski definition) is 1. The van der Waals surface area contributed by atoms with Crippen molar-refractivity contribution in [2.24, 2.45) is 0 Å². The van der Waals surface area contributed by atoms with E-state index in [0.717, 1.165) is 12.8 Å². The molecule has 1 amide bonds. The number of hydrogen-bond acceptors (Lipinski definition) is 2. The highest BCUT2D eigenvalue weighted by atomic mass is 35.5. The van der Waals surface area contributed by atoms with Crippen LogP contribution in [0.5, 0.6) is 0 Å². The third-order valence-corrected chi connectivity index (χ3v) is 3.38. The molecule has 0 radical (unpaired) electrons. The maximum absolute atomic E-state index is 11.9. The summed E-state index contributed by atoms with van der Waals surface area (Å²) in [6.07, 6.45) is 5.13. The second-order valence-corrected chi connectivity index (χ2v) is 4.72. The second-order valence-electron chi connectivity index (χ2n) is 4.31. The fraction of sp³-hybridized carbons (Fsp3) is 0.385. The van der Waals surface area contributed by atoms with E-state index in [0.29, 0.717) is 22.4 Å². The molecule has 1 aliphatic carbocycles. The number of amides is 1. The Labute approximate surface area is 105 Å². The third kappa shape index (κ3) is 2.86. The van der Waals surface area contributed by atoms with Crippen molar-refractivity contribution in [3.8, 4) is 0 Å². The Kier molecular flexibility index (Phi) is 3.79. The molecule has 0 atom stereocenters. The Hall–Kier alpha value is -1.35. The maximum Gasteiger partial charge on any atom is 0.253 e. The summed E-state index contributed by atoms with van der Waals surface area (Å²) < 4.78 is 0.